The van der Waals surface area contributed by atoms with Crippen LogP contribution in [0, 0.1) is 0 Å². The fraction of sp³-hybridized carbons (Fsp3) is 0.261. The van der Waals surface area contributed by atoms with Crippen LogP contribution in [-0.2, 0) is 10.3 Å². The smallest absolute Gasteiger partial charge is 0.408 e. The number of ether oxygens (including phenoxy) is 1. The molecule has 2 heterocycles. The SMILES string of the molecule is CC(C)(C)OC(=O)N[C@@H](c1ccccc1)C(O)(c1cccnc1)c1cccnc1. The quantitative estimate of drug-likeness (QED) is 0.687. The maximum Gasteiger partial charge on any atom is 0.408 e. The Labute approximate surface area is 170 Å². The molecule has 0 unspecified atom stereocenters. The average Bonchev–Trinajstić information content (AvgIpc) is 2.72. The summed E-state index contributed by atoms with van der Waals surface area (Å²) in [6, 6.07) is 15.5. The van der Waals surface area contributed by atoms with Crippen LogP contribution in [-0.4, -0.2) is 26.8 Å². The van der Waals surface area contributed by atoms with Gasteiger partial charge in [-0.1, -0.05) is 42.5 Å². The zero-order chi connectivity index (χ0) is 20.9. The molecule has 1 aromatic carbocycles. The summed E-state index contributed by atoms with van der Waals surface area (Å²) in [7, 11) is 0. The van der Waals surface area contributed by atoms with Crippen molar-refractivity contribution in [2.24, 2.45) is 0 Å². The van der Waals surface area contributed by atoms with Crippen LogP contribution in [0.2, 0.25) is 0 Å². The van der Waals surface area contributed by atoms with Crippen LogP contribution in [0.25, 0.3) is 0 Å². The van der Waals surface area contributed by atoms with E-state index in [2.05, 4.69) is 15.3 Å². The van der Waals surface area contributed by atoms with Gasteiger partial charge in [0.15, 0.2) is 0 Å². The summed E-state index contributed by atoms with van der Waals surface area (Å²) in [4.78, 5) is 21.0. The predicted molar refractivity (Wildman–Crippen MR) is 110 cm³/mol. The molecule has 29 heavy (non-hydrogen) atoms. The Balaban J connectivity index is 2.14. The number of alkyl carbamates (subject to hydrolysis) is 1. The summed E-state index contributed by atoms with van der Waals surface area (Å²) in [6.07, 6.45) is 5.80. The highest BCUT2D eigenvalue weighted by atomic mass is 16.6. The van der Waals surface area contributed by atoms with Crippen molar-refractivity contribution >= 4 is 6.09 Å². The maximum atomic E-state index is 12.7. The number of benzene rings is 1. The van der Waals surface area contributed by atoms with Gasteiger partial charge in [0, 0.05) is 35.9 Å². The topological polar surface area (TPSA) is 84.3 Å². The van der Waals surface area contributed by atoms with Crippen molar-refractivity contribution in [3.63, 3.8) is 0 Å². The molecule has 0 aliphatic rings. The summed E-state index contributed by atoms with van der Waals surface area (Å²) in [5.41, 5.74) is -0.531. The number of nitrogens with one attached hydrogen (secondary N) is 1. The molecule has 6 nitrogen and oxygen atoms in total. The first-order valence-electron chi connectivity index (χ1n) is 9.38. The lowest BCUT2D eigenvalue weighted by molar-refractivity contribution is 0.0155. The van der Waals surface area contributed by atoms with Gasteiger partial charge >= 0.3 is 6.09 Å². The standard InChI is InChI=1S/C23H25N3O3/c1-22(2,3)29-21(27)26-20(17-9-5-4-6-10-17)23(28,18-11-7-13-24-15-18)19-12-8-14-25-16-19/h4-16,20,28H,1-3H3,(H,26,27)/t20-/m0/s1. The Morgan fingerprint density at radius 3 is 1.93 bits per heavy atom. The maximum absolute atomic E-state index is 12.7. The Hall–Kier alpha value is -3.25. The third-order valence-corrected chi connectivity index (χ3v) is 4.42. The minimum atomic E-state index is -1.62. The van der Waals surface area contributed by atoms with E-state index in [0.29, 0.717) is 16.7 Å². The van der Waals surface area contributed by atoms with Gasteiger partial charge in [-0.15, -0.1) is 0 Å². The van der Waals surface area contributed by atoms with Crippen molar-refractivity contribution in [3.8, 4) is 0 Å². The fourth-order valence-corrected chi connectivity index (χ4v) is 3.18. The van der Waals surface area contributed by atoms with E-state index in [-0.39, 0.29) is 0 Å². The summed E-state index contributed by atoms with van der Waals surface area (Å²) in [5.74, 6) is 0. The Kier molecular flexibility index (Phi) is 5.94. The molecule has 3 aromatic rings. The van der Waals surface area contributed by atoms with E-state index in [1.807, 2.05) is 30.3 Å². The van der Waals surface area contributed by atoms with E-state index in [4.69, 9.17) is 4.74 Å². The number of aromatic nitrogens is 2. The van der Waals surface area contributed by atoms with Crippen molar-refractivity contribution in [2.45, 2.75) is 38.0 Å². The molecule has 2 N–H and O–H groups in total. The highest BCUT2D eigenvalue weighted by Crippen LogP contribution is 2.40. The van der Waals surface area contributed by atoms with Gasteiger partial charge in [0.25, 0.3) is 0 Å². The first kappa shape index (κ1) is 20.5. The predicted octanol–water partition coefficient (Wildman–Crippen LogP) is 3.98. The molecule has 150 valence electrons. The molecule has 2 aromatic heterocycles. The minimum absolute atomic E-state index is 0.526. The molecular weight excluding hydrogens is 366 g/mol. The van der Waals surface area contributed by atoms with Crippen molar-refractivity contribution in [1.29, 1.82) is 0 Å². The molecule has 0 fully saturated rings. The van der Waals surface area contributed by atoms with Gasteiger partial charge in [0.2, 0.25) is 0 Å². The lowest BCUT2D eigenvalue weighted by Crippen LogP contribution is -2.46. The van der Waals surface area contributed by atoms with E-state index < -0.39 is 23.3 Å². The number of carbonyl (C=O) groups excluding carboxylic acids is 1. The van der Waals surface area contributed by atoms with E-state index in [1.165, 1.54) is 0 Å². The molecule has 0 spiro atoms. The van der Waals surface area contributed by atoms with Crippen molar-refractivity contribution in [1.82, 2.24) is 15.3 Å². The molecule has 0 radical (unpaired) electrons. The monoisotopic (exact) mass is 391 g/mol. The van der Waals surface area contributed by atoms with E-state index in [0.717, 1.165) is 0 Å². The first-order chi connectivity index (χ1) is 13.8. The normalized spacial score (nSPS) is 12.8. The third-order valence-electron chi connectivity index (χ3n) is 4.42. The fourth-order valence-electron chi connectivity index (χ4n) is 3.18. The largest absolute Gasteiger partial charge is 0.444 e. The summed E-state index contributed by atoms with van der Waals surface area (Å²) >= 11 is 0. The Bertz CT molecular complexity index is 886. The number of carbonyl (C=O) groups is 1. The van der Waals surface area contributed by atoms with Crippen LogP contribution >= 0.6 is 0 Å². The van der Waals surface area contributed by atoms with Gasteiger partial charge in [0.1, 0.15) is 11.2 Å². The molecule has 6 heteroatoms. The molecule has 0 bridgehead atoms. The van der Waals surface area contributed by atoms with Crippen molar-refractivity contribution in [3.05, 3.63) is 96.1 Å². The van der Waals surface area contributed by atoms with Gasteiger partial charge in [-0.2, -0.15) is 0 Å². The number of aliphatic hydroxyl groups is 1. The van der Waals surface area contributed by atoms with Crippen LogP contribution in [0.4, 0.5) is 4.79 Å². The summed E-state index contributed by atoms with van der Waals surface area (Å²) < 4.78 is 5.46. The van der Waals surface area contributed by atoms with Gasteiger partial charge in [0.05, 0.1) is 6.04 Å². The average molecular weight is 391 g/mol. The second-order valence-electron chi connectivity index (χ2n) is 7.74. The van der Waals surface area contributed by atoms with Crippen LogP contribution in [0.5, 0.6) is 0 Å². The van der Waals surface area contributed by atoms with Gasteiger partial charge in [-0.25, -0.2) is 4.79 Å². The molecular formula is C23H25N3O3. The molecule has 0 aliphatic heterocycles. The minimum Gasteiger partial charge on any atom is -0.444 e. The number of rotatable bonds is 5. The summed E-state index contributed by atoms with van der Waals surface area (Å²) in [6.45, 7) is 5.37. The number of hydrogen-bond acceptors (Lipinski definition) is 5. The third kappa shape index (κ3) is 4.78. The molecule has 0 saturated carbocycles. The lowest BCUT2D eigenvalue weighted by Gasteiger charge is -2.37. The van der Waals surface area contributed by atoms with E-state index in [9.17, 15) is 9.90 Å². The molecule has 1 amide bonds. The molecule has 1 atom stereocenters. The van der Waals surface area contributed by atoms with Gasteiger partial charge in [-0.05, 0) is 38.5 Å². The second-order valence-corrected chi connectivity index (χ2v) is 7.74. The number of nitrogens with zero attached hydrogens (tertiary/aromatic N) is 2. The van der Waals surface area contributed by atoms with Crippen LogP contribution < -0.4 is 5.32 Å². The second kappa shape index (κ2) is 8.41. The molecule has 0 saturated heterocycles. The number of pyridine rings is 2. The first-order valence-corrected chi connectivity index (χ1v) is 9.38. The van der Waals surface area contributed by atoms with Crippen LogP contribution in [0.15, 0.2) is 79.4 Å². The van der Waals surface area contributed by atoms with Crippen molar-refractivity contribution in [2.75, 3.05) is 0 Å². The van der Waals surface area contributed by atoms with E-state index >= 15 is 0 Å². The highest BCUT2D eigenvalue weighted by Gasteiger charge is 2.43. The van der Waals surface area contributed by atoms with E-state index in [1.54, 1.807) is 69.8 Å². The van der Waals surface area contributed by atoms with Crippen LogP contribution in [0.1, 0.15) is 43.5 Å². The van der Waals surface area contributed by atoms with Crippen LogP contribution in [0.3, 0.4) is 0 Å². The zero-order valence-electron chi connectivity index (χ0n) is 16.7. The molecule has 0 aliphatic carbocycles. The highest BCUT2D eigenvalue weighted by molar-refractivity contribution is 5.69. The Morgan fingerprint density at radius 1 is 0.931 bits per heavy atom. The number of amides is 1. The zero-order valence-corrected chi connectivity index (χ0v) is 16.7. The number of hydrogen-bond donors (Lipinski definition) is 2. The molecule has 3 rings (SSSR count). The van der Waals surface area contributed by atoms with Gasteiger partial charge in [-0.3, -0.25) is 9.97 Å². The Morgan fingerprint density at radius 2 is 1.48 bits per heavy atom. The van der Waals surface area contributed by atoms with Gasteiger partial charge < -0.3 is 15.2 Å². The van der Waals surface area contributed by atoms with Crippen molar-refractivity contribution < 1.29 is 14.6 Å². The summed E-state index contributed by atoms with van der Waals surface area (Å²) in [5, 5.41) is 14.9. The lowest BCUT2D eigenvalue weighted by atomic mass is 9.78.